The Bertz CT molecular complexity index is 809. The number of benzene rings is 1. The molecule has 8 heteroatoms. The van der Waals surface area contributed by atoms with Crippen molar-refractivity contribution in [2.24, 2.45) is 5.10 Å². The van der Waals surface area contributed by atoms with Crippen molar-refractivity contribution >= 4 is 35.5 Å². The van der Waals surface area contributed by atoms with Crippen molar-refractivity contribution in [1.82, 2.24) is 15.4 Å². The molecular weight excluding hydrogens is 384 g/mol. The first-order valence-electron chi connectivity index (χ1n) is 8.60. The third-order valence-electron chi connectivity index (χ3n) is 3.56. The van der Waals surface area contributed by atoms with Crippen LogP contribution in [0.25, 0.3) is 0 Å². The van der Waals surface area contributed by atoms with Gasteiger partial charge in [0.15, 0.2) is 5.16 Å². The maximum Gasteiger partial charge on any atom is 0.250 e. The van der Waals surface area contributed by atoms with Crippen LogP contribution < -0.4 is 10.2 Å². The highest BCUT2D eigenvalue weighted by Gasteiger charge is 2.07. The molecule has 0 aliphatic rings. The topological polar surface area (TPSA) is 76.5 Å². The number of nitrogens with zero attached hydrogens (tertiary/aromatic N) is 3. The van der Waals surface area contributed by atoms with E-state index < -0.39 is 0 Å². The van der Waals surface area contributed by atoms with Crippen LogP contribution in [0.15, 0.2) is 34.5 Å². The Morgan fingerprint density at radius 2 is 2.04 bits per heavy atom. The second-order valence-electron chi connectivity index (χ2n) is 6.04. The van der Waals surface area contributed by atoms with E-state index in [1.165, 1.54) is 18.0 Å². The van der Waals surface area contributed by atoms with Crippen LogP contribution in [-0.4, -0.2) is 33.9 Å². The van der Waals surface area contributed by atoms with Gasteiger partial charge in [-0.15, -0.1) is 0 Å². The third-order valence-corrected chi connectivity index (χ3v) is 4.70. The summed E-state index contributed by atoms with van der Waals surface area (Å²) in [6, 6.07) is 7.26. The molecule has 1 amide bonds. The molecule has 0 spiro atoms. The second-order valence-corrected chi connectivity index (χ2v) is 7.39. The number of aromatic nitrogens is 2. The van der Waals surface area contributed by atoms with E-state index >= 15 is 0 Å². The third kappa shape index (κ3) is 7.19. The molecule has 1 heterocycles. The van der Waals surface area contributed by atoms with Crippen molar-refractivity contribution in [1.29, 1.82) is 0 Å². The number of nitrogens with one attached hydrogen (secondary N) is 1. The van der Waals surface area contributed by atoms with Crippen molar-refractivity contribution in [3.05, 3.63) is 46.2 Å². The molecule has 1 atom stereocenters. The number of thioether (sulfide) groups is 1. The smallest absolute Gasteiger partial charge is 0.250 e. The molecule has 1 aromatic heterocycles. The highest BCUT2D eigenvalue weighted by Crippen LogP contribution is 2.26. The molecule has 0 radical (unpaired) electrons. The van der Waals surface area contributed by atoms with E-state index in [0.29, 0.717) is 15.9 Å². The van der Waals surface area contributed by atoms with E-state index in [1.54, 1.807) is 12.1 Å². The van der Waals surface area contributed by atoms with Crippen molar-refractivity contribution in [3.8, 4) is 5.75 Å². The first-order valence-corrected chi connectivity index (χ1v) is 9.97. The lowest BCUT2D eigenvalue weighted by Crippen LogP contribution is -2.19. The van der Waals surface area contributed by atoms with E-state index in [2.05, 4.69) is 20.5 Å². The first-order chi connectivity index (χ1) is 12.9. The number of carbonyl (C=O) groups excluding carboxylic acids is 1. The zero-order chi connectivity index (χ0) is 19.8. The molecule has 0 aliphatic carbocycles. The van der Waals surface area contributed by atoms with Crippen molar-refractivity contribution in [2.45, 2.75) is 45.4 Å². The number of amides is 1. The number of carbonyl (C=O) groups is 1. The lowest BCUT2D eigenvalue weighted by Gasteiger charge is -2.13. The van der Waals surface area contributed by atoms with Crippen LogP contribution in [0.5, 0.6) is 5.75 Å². The Balaban J connectivity index is 1.85. The predicted molar refractivity (Wildman–Crippen MR) is 110 cm³/mol. The van der Waals surface area contributed by atoms with E-state index in [4.69, 9.17) is 16.3 Å². The molecule has 2 rings (SSSR count). The summed E-state index contributed by atoms with van der Waals surface area (Å²) in [5.74, 6) is 0.585. The highest BCUT2D eigenvalue weighted by molar-refractivity contribution is 7.99. The quantitative estimate of drug-likeness (QED) is 0.308. The molecule has 2 aromatic rings. The molecule has 0 saturated carbocycles. The minimum Gasteiger partial charge on any atom is -0.489 e. The average molecular weight is 407 g/mol. The number of hydrogen-bond donors (Lipinski definition) is 1. The van der Waals surface area contributed by atoms with Gasteiger partial charge in [0, 0.05) is 11.4 Å². The van der Waals surface area contributed by atoms with E-state index in [-0.39, 0.29) is 17.8 Å². The van der Waals surface area contributed by atoms with Crippen LogP contribution in [0.3, 0.4) is 0 Å². The SMILES string of the molecule is CC[C@@H](C)Oc1ccc(/C=N\NC(=O)CSc2nc(C)cc(C)n2)cc1Cl. The molecule has 0 saturated heterocycles. The predicted octanol–water partition coefficient (Wildman–Crippen LogP) is 4.17. The van der Waals surface area contributed by atoms with Crippen molar-refractivity contribution in [2.75, 3.05) is 5.75 Å². The van der Waals surface area contributed by atoms with E-state index in [0.717, 1.165) is 23.4 Å². The molecule has 0 aliphatic heterocycles. The Morgan fingerprint density at radius 1 is 1.33 bits per heavy atom. The fourth-order valence-electron chi connectivity index (χ4n) is 2.09. The zero-order valence-corrected chi connectivity index (χ0v) is 17.4. The van der Waals surface area contributed by atoms with Crippen molar-refractivity contribution in [3.63, 3.8) is 0 Å². The molecule has 0 bridgehead atoms. The van der Waals surface area contributed by atoms with Crippen LogP contribution >= 0.6 is 23.4 Å². The second kappa shape index (κ2) is 10.3. The standard InChI is InChI=1S/C19H23ClN4O2S/c1-5-14(4)26-17-7-6-15(9-16(17)20)10-21-24-18(25)11-27-19-22-12(2)8-13(3)23-19/h6-10,14H,5,11H2,1-4H3,(H,24,25)/b21-10-/t14-/m1/s1. The summed E-state index contributed by atoms with van der Waals surface area (Å²) in [5.41, 5.74) is 5.00. The number of hydrazone groups is 1. The molecular formula is C19H23ClN4O2S. The van der Waals surface area contributed by atoms with Gasteiger partial charge in [-0.2, -0.15) is 5.10 Å². The highest BCUT2D eigenvalue weighted by atomic mass is 35.5. The maximum absolute atomic E-state index is 11.9. The van der Waals surface area contributed by atoms with Gasteiger partial charge in [0.2, 0.25) is 0 Å². The summed E-state index contributed by atoms with van der Waals surface area (Å²) in [6.07, 6.45) is 2.53. The largest absolute Gasteiger partial charge is 0.489 e. The Hall–Kier alpha value is -2.12. The van der Waals surface area contributed by atoms with Crippen LogP contribution in [0, 0.1) is 13.8 Å². The Morgan fingerprint density at radius 3 is 2.67 bits per heavy atom. The van der Waals surface area contributed by atoms with Gasteiger partial charge in [-0.05, 0) is 57.0 Å². The summed E-state index contributed by atoms with van der Waals surface area (Å²) in [4.78, 5) is 20.5. The number of halogens is 1. The number of rotatable bonds is 8. The number of hydrogen-bond acceptors (Lipinski definition) is 6. The molecule has 1 N–H and O–H groups in total. The molecule has 0 unspecified atom stereocenters. The van der Waals surface area contributed by atoms with E-state index in [1.807, 2.05) is 39.8 Å². The maximum atomic E-state index is 11.9. The molecule has 1 aromatic carbocycles. The van der Waals surface area contributed by atoms with Crippen LogP contribution in [0.2, 0.25) is 5.02 Å². The van der Waals surface area contributed by atoms with Crippen LogP contribution in [-0.2, 0) is 4.79 Å². The summed E-state index contributed by atoms with van der Waals surface area (Å²) in [5, 5.41) is 5.05. The van der Waals surface area contributed by atoms with Gasteiger partial charge in [0.05, 0.1) is 23.1 Å². The Kier molecular flexibility index (Phi) is 8.06. The van der Waals surface area contributed by atoms with Crippen molar-refractivity contribution < 1.29 is 9.53 Å². The minimum absolute atomic E-state index is 0.0972. The number of aryl methyl sites for hydroxylation is 2. The first kappa shape index (κ1) is 21.2. The fourth-order valence-corrected chi connectivity index (χ4v) is 3.07. The van der Waals surface area contributed by atoms with Gasteiger partial charge >= 0.3 is 0 Å². The molecule has 0 fully saturated rings. The monoisotopic (exact) mass is 406 g/mol. The number of ether oxygens (including phenoxy) is 1. The lowest BCUT2D eigenvalue weighted by molar-refractivity contribution is -0.118. The summed E-state index contributed by atoms with van der Waals surface area (Å²) >= 11 is 7.49. The zero-order valence-electron chi connectivity index (χ0n) is 15.8. The lowest BCUT2D eigenvalue weighted by atomic mass is 10.2. The van der Waals surface area contributed by atoms with Gasteiger partial charge in [-0.3, -0.25) is 4.79 Å². The normalized spacial score (nSPS) is 12.2. The van der Waals surface area contributed by atoms with Gasteiger partial charge < -0.3 is 4.74 Å². The summed E-state index contributed by atoms with van der Waals surface area (Å²) in [7, 11) is 0. The molecule has 27 heavy (non-hydrogen) atoms. The molecule has 144 valence electrons. The molecule has 6 nitrogen and oxygen atoms in total. The van der Waals surface area contributed by atoms with Gasteiger partial charge in [0.1, 0.15) is 5.75 Å². The Labute approximate surface area is 168 Å². The fraction of sp³-hybridized carbons (Fsp3) is 0.368. The van der Waals surface area contributed by atoms with Crippen LogP contribution in [0.1, 0.15) is 37.2 Å². The van der Waals surface area contributed by atoms with Crippen LogP contribution in [0.4, 0.5) is 0 Å². The summed E-state index contributed by atoms with van der Waals surface area (Å²) in [6.45, 7) is 7.83. The summed E-state index contributed by atoms with van der Waals surface area (Å²) < 4.78 is 5.72. The van der Waals surface area contributed by atoms with Gasteiger partial charge in [0.25, 0.3) is 5.91 Å². The minimum atomic E-state index is -0.234. The van der Waals surface area contributed by atoms with E-state index in [9.17, 15) is 4.79 Å². The van der Waals surface area contributed by atoms with Gasteiger partial charge in [-0.25, -0.2) is 15.4 Å². The van der Waals surface area contributed by atoms with Gasteiger partial charge in [-0.1, -0.05) is 30.3 Å². The average Bonchev–Trinajstić information content (AvgIpc) is 2.61.